The molecule has 2 N–H and O–H groups in total. The van der Waals surface area contributed by atoms with Gasteiger partial charge in [0.15, 0.2) is 0 Å². The smallest absolute Gasteiger partial charge is 0.343 e. The second-order valence-electron chi connectivity index (χ2n) is 4.14. The third kappa shape index (κ3) is 2.37. The highest BCUT2D eigenvalue weighted by atomic mass is 19.1. The standard InChI is InChI=1S/C13H11FN2O3/c1-6-5-8(14)3-4-9(6)11-15-7(2)10(13(18)19)12(17)16-11/h3-5H,1-2H3,(H,18,19)(H,15,16,17). The third-order valence-corrected chi connectivity index (χ3v) is 2.76. The number of halogens is 1. The molecule has 0 aliphatic carbocycles. The second-order valence-corrected chi connectivity index (χ2v) is 4.14. The molecule has 0 spiro atoms. The lowest BCUT2D eigenvalue weighted by molar-refractivity contribution is 0.0693. The van der Waals surface area contributed by atoms with Gasteiger partial charge in [-0.15, -0.1) is 0 Å². The number of aromatic nitrogens is 2. The SMILES string of the molecule is Cc1cc(F)ccc1-c1nc(C)c(C(=O)O)c(=O)[nH]1. The van der Waals surface area contributed by atoms with Gasteiger partial charge in [-0.3, -0.25) is 4.79 Å². The minimum absolute atomic E-state index is 0.120. The molecule has 0 fully saturated rings. The van der Waals surface area contributed by atoms with E-state index in [1.807, 2.05) is 0 Å². The molecular formula is C13H11FN2O3. The minimum Gasteiger partial charge on any atom is -0.477 e. The largest absolute Gasteiger partial charge is 0.477 e. The molecule has 1 heterocycles. The topological polar surface area (TPSA) is 83.0 Å². The number of rotatable bonds is 2. The van der Waals surface area contributed by atoms with Gasteiger partial charge in [0.05, 0.1) is 5.69 Å². The van der Waals surface area contributed by atoms with Gasteiger partial charge < -0.3 is 10.1 Å². The summed E-state index contributed by atoms with van der Waals surface area (Å²) in [6.07, 6.45) is 0. The fourth-order valence-electron chi connectivity index (χ4n) is 1.86. The highest BCUT2D eigenvalue weighted by molar-refractivity contribution is 5.88. The molecule has 5 nitrogen and oxygen atoms in total. The number of aromatic carboxylic acids is 1. The highest BCUT2D eigenvalue weighted by Crippen LogP contribution is 2.20. The molecule has 0 saturated carbocycles. The Labute approximate surface area is 107 Å². The number of H-pyrrole nitrogens is 1. The summed E-state index contributed by atoms with van der Waals surface area (Å²) in [6.45, 7) is 3.12. The summed E-state index contributed by atoms with van der Waals surface area (Å²) in [5, 5.41) is 8.89. The van der Waals surface area contributed by atoms with E-state index in [9.17, 15) is 14.0 Å². The van der Waals surface area contributed by atoms with Gasteiger partial charge in [-0.25, -0.2) is 14.2 Å². The summed E-state index contributed by atoms with van der Waals surface area (Å²) in [7, 11) is 0. The van der Waals surface area contributed by atoms with Crippen LogP contribution in [0.2, 0.25) is 0 Å². The van der Waals surface area contributed by atoms with Crippen molar-refractivity contribution in [2.24, 2.45) is 0 Å². The number of carbonyl (C=O) groups is 1. The molecule has 0 bridgehead atoms. The van der Waals surface area contributed by atoms with E-state index < -0.39 is 11.5 Å². The summed E-state index contributed by atoms with van der Waals surface area (Å²) in [4.78, 5) is 29.1. The Kier molecular flexibility index (Phi) is 3.16. The number of benzene rings is 1. The van der Waals surface area contributed by atoms with Crippen molar-refractivity contribution in [1.82, 2.24) is 9.97 Å². The second kappa shape index (κ2) is 4.64. The molecule has 2 aromatic rings. The van der Waals surface area contributed by atoms with Crippen LogP contribution in [0.25, 0.3) is 11.4 Å². The van der Waals surface area contributed by atoms with Crippen LogP contribution in [-0.4, -0.2) is 21.0 Å². The van der Waals surface area contributed by atoms with Crippen LogP contribution in [0.5, 0.6) is 0 Å². The number of aromatic amines is 1. The van der Waals surface area contributed by atoms with Crippen molar-refractivity contribution in [2.75, 3.05) is 0 Å². The van der Waals surface area contributed by atoms with Crippen molar-refractivity contribution in [1.29, 1.82) is 0 Å². The van der Waals surface area contributed by atoms with Crippen LogP contribution < -0.4 is 5.56 Å². The first-order chi connectivity index (χ1) is 8.90. The Balaban J connectivity index is 2.65. The van der Waals surface area contributed by atoms with Crippen molar-refractivity contribution in [3.63, 3.8) is 0 Å². The monoisotopic (exact) mass is 262 g/mol. The van der Waals surface area contributed by atoms with E-state index in [0.29, 0.717) is 11.1 Å². The predicted octanol–water partition coefficient (Wildman–Crippen LogP) is 1.89. The molecule has 98 valence electrons. The van der Waals surface area contributed by atoms with Gasteiger partial charge in [0.2, 0.25) is 0 Å². The van der Waals surface area contributed by atoms with Crippen molar-refractivity contribution >= 4 is 5.97 Å². The van der Waals surface area contributed by atoms with E-state index in [4.69, 9.17) is 5.11 Å². The summed E-state index contributed by atoms with van der Waals surface area (Å²) < 4.78 is 13.0. The first-order valence-corrected chi connectivity index (χ1v) is 5.51. The Morgan fingerprint density at radius 1 is 1.37 bits per heavy atom. The van der Waals surface area contributed by atoms with Crippen molar-refractivity contribution in [3.05, 3.63) is 51.2 Å². The Morgan fingerprint density at radius 2 is 2.05 bits per heavy atom. The molecule has 19 heavy (non-hydrogen) atoms. The van der Waals surface area contributed by atoms with E-state index in [1.165, 1.54) is 25.1 Å². The maximum Gasteiger partial charge on any atom is 0.343 e. The van der Waals surface area contributed by atoms with Gasteiger partial charge in [-0.2, -0.15) is 0 Å². The maximum atomic E-state index is 13.0. The van der Waals surface area contributed by atoms with Gasteiger partial charge in [-0.1, -0.05) is 0 Å². The quantitative estimate of drug-likeness (QED) is 0.865. The van der Waals surface area contributed by atoms with Crippen molar-refractivity contribution in [3.8, 4) is 11.4 Å². The van der Waals surface area contributed by atoms with Crippen molar-refractivity contribution < 1.29 is 14.3 Å². The summed E-state index contributed by atoms with van der Waals surface area (Å²) in [5.41, 5.74) is 0.168. The zero-order chi connectivity index (χ0) is 14.2. The molecule has 0 aliphatic rings. The average Bonchev–Trinajstić information content (AvgIpc) is 2.26. The highest BCUT2D eigenvalue weighted by Gasteiger charge is 2.16. The lowest BCUT2D eigenvalue weighted by Crippen LogP contribution is -2.21. The molecule has 0 saturated heterocycles. The van der Waals surface area contributed by atoms with Gasteiger partial charge >= 0.3 is 5.97 Å². The lowest BCUT2D eigenvalue weighted by Gasteiger charge is -2.07. The van der Waals surface area contributed by atoms with E-state index in [1.54, 1.807) is 6.92 Å². The Hall–Kier alpha value is -2.50. The summed E-state index contributed by atoms with van der Waals surface area (Å²) in [5.74, 6) is -1.49. The molecular weight excluding hydrogens is 251 g/mol. The van der Waals surface area contributed by atoms with Crippen LogP contribution in [0.3, 0.4) is 0 Å². The summed E-state index contributed by atoms with van der Waals surface area (Å²) >= 11 is 0. The summed E-state index contributed by atoms with van der Waals surface area (Å²) in [6, 6.07) is 4.06. The van der Waals surface area contributed by atoms with Crippen LogP contribution in [0.1, 0.15) is 21.6 Å². The first-order valence-electron chi connectivity index (χ1n) is 5.51. The predicted molar refractivity (Wildman–Crippen MR) is 66.7 cm³/mol. The normalized spacial score (nSPS) is 10.5. The zero-order valence-corrected chi connectivity index (χ0v) is 10.3. The number of nitrogens with zero attached hydrogens (tertiary/aromatic N) is 1. The third-order valence-electron chi connectivity index (χ3n) is 2.76. The van der Waals surface area contributed by atoms with Crippen LogP contribution in [0.4, 0.5) is 4.39 Å². The number of aryl methyl sites for hydroxylation is 2. The van der Waals surface area contributed by atoms with Gasteiger partial charge in [-0.05, 0) is 37.6 Å². The van der Waals surface area contributed by atoms with Gasteiger partial charge in [0, 0.05) is 5.56 Å². The minimum atomic E-state index is -1.33. The molecule has 0 unspecified atom stereocenters. The van der Waals surface area contributed by atoms with Crippen LogP contribution in [-0.2, 0) is 0 Å². The molecule has 0 atom stereocenters. The Morgan fingerprint density at radius 3 is 2.58 bits per heavy atom. The number of nitrogens with one attached hydrogen (secondary N) is 1. The number of hydrogen-bond donors (Lipinski definition) is 2. The average molecular weight is 262 g/mol. The molecule has 1 aromatic heterocycles. The van der Waals surface area contributed by atoms with E-state index in [2.05, 4.69) is 9.97 Å². The molecule has 0 aliphatic heterocycles. The van der Waals surface area contributed by atoms with Crippen LogP contribution in [0, 0.1) is 19.7 Å². The van der Waals surface area contributed by atoms with E-state index in [0.717, 1.165) is 0 Å². The molecule has 0 amide bonds. The molecule has 1 aromatic carbocycles. The Bertz CT molecular complexity index is 722. The number of hydrogen-bond acceptors (Lipinski definition) is 3. The van der Waals surface area contributed by atoms with E-state index in [-0.39, 0.29) is 22.9 Å². The van der Waals surface area contributed by atoms with Crippen molar-refractivity contribution in [2.45, 2.75) is 13.8 Å². The zero-order valence-electron chi connectivity index (χ0n) is 10.3. The van der Waals surface area contributed by atoms with E-state index >= 15 is 0 Å². The van der Waals surface area contributed by atoms with Crippen LogP contribution >= 0.6 is 0 Å². The molecule has 6 heteroatoms. The number of carboxylic acid groups (broad SMARTS) is 1. The number of carboxylic acids is 1. The maximum absolute atomic E-state index is 13.0. The van der Waals surface area contributed by atoms with Gasteiger partial charge in [0.1, 0.15) is 17.2 Å². The molecule has 0 radical (unpaired) electrons. The van der Waals surface area contributed by atoms with Gasteiger partial charge in [0.25, 0.3) is 5.56 Å². The lowest BCUT2D eigenvalue weighted by atomic mass is 10.1. The molecule has 2 rings (SSSR count). The van der Waals surface area contributed by atoms with Crippen LogP contribution in [0.15, 0.2) is 23.0 Å². The fraction of sp³-hybridized carbons (Fsp3) is 0.154. The fourth-order valence-corrected chi connectivity index (χ4v) is 1.86. The first kappa shape index (κ1) is 12.9.